The average molecular weight is 542 g/mol. The van der Waals surface area contributed by atoms with Crippen molar-refractivity contribution in [3.63, 3.8) is 0 Å². The third-order valence-corrected chi connectivity index (χ3v) is 7.18. The van der Waals surface area contributed by atoms with Crippen molar-refractivity contribution in [2.45, 2.75) is 135 Å². The molecular formula is C29H49FNO5P. The zero-order chi connectivity index (χ0) is 27.2. The summed E-state index contributed by atoms with van der Waals surface area (Å²) in [6.07, 6.45) is 22.0. The van der Waals surface area contributed by atoms with Crippen molar-refractivity contribution in [2.75, 3.05) is 6.61 Å². The van der Waals surface area contributed by atoms with E-state index in [-0.39, 0.29) is 18.8 Å². The first kappa shape index (κ1) is 33.7. The molecule has 0 saturated heterocycles. The molecule has 1 aromatic rings. The van der Waals surface area contributed by atoms with Gasteiger partial charge in [-0.3, -0.25) is 4.52 Å². The molecule has 1 rings (SSSR count). The second kappa shape index (κ2) is 21.6. The molecule has 0 aliphatic heterocycles. The summed E-state index contributed by atoms with van der Waals surface area (Å²) in [6.45, 7) is 2.12. The molecule has 212 valence electrons. The van der Waals surface area contributed by atoms with Gasteiger partial charge in [0.1, 0.15) is 11.9 Å². The zero-order valence-corrected chi connectivity index (χ0v) is 23.7. The van der Waals surface area contributed by atoms with Crippen LogP contribution in [0.25, 0.3) is 0 Å². The molecule has 0 aliphatic carbocycles. The lowest BCUT2D eigenvalue weighted by Crippen LogP contribution is -2.19. The average Bonchev–Trinajstić information content (AvgIpc) is 2.86. The molecule has 0 saturated carbocycles. The molecule has 2 N–H and O–H groups in total. The molecule has 8 heteroatoms. The first-order valence-corrected chi connectivity index (χ1v) is 15.9. The van der Waals surface area contributed by atoms with Gasteiger partial charge >= 0.3 is 7.82 Å². The minimum absolute atomic E-state index is 0.0337. The van der Waals surface area contributed by atoms with E-state index in [1.807, 2.05) is 0 Å². The monoisotopic (exact) mass is 541 g/mol. The van der Waals surface area contributed by atoms with Gasteiger partial charge < -0.3 is 14.5 Å². The number of halogens is 1. The largest absolute Gasteiger partial charge is 0.469 e. The first-order chi connectivity index (χ1) is 17.9. The van der Waals surface area contributed by atoms with Crippen molar-refractivity contribution in [3.05, 3.63) is 35.1 Å². The second-order valence-electron chi connectivity index (χ2n) is 10.1. The van der Waals surface area contributed by atoms with Crippen LogP contribution in [0.15, 0.2) is 18.2 Å². The second-order valence-corrected chi connectivity index (χ2v) is 11.3. The van der Waals surface area contributed by atoms with Crippen LogP contribution in [0.4, 0.5) is 4.39 Å². The Morgan fingerprint density at radius 3 is 1.78 bits per heavy atom. The normalized spacial score (nSPS) is 12.5. The molecule has 0 heterocycles. The summed E-state index contributed by atoms with van der Waals surface area (Å²) in [5, 5.41) is 8.84. The minimum Gasteiger partial charge on any atom is -0.371 e. The number of unbranched alkanes of at least 4 members (excludes halogenated alkanes) is 16. The summed E-state index contributed by atoms with van der Waals surface area (Å²) in [5.41, 5.74) is 0.522. The van der Waals surface area contributed by atoms with Gasteiger partial charge in [-0.15, -0.1) is 0 Å². The first-order valence-electron chi connectivity index (χ1n) is 14.4. The molecule has 1 unspecified atom stereocenters. The Labute approximate surface area is 224 Å². The summed E-state index contributed by atoms with van der Waals surface area (Å²) in [4.78, 5) is 18.0. The lowest BCUT2D eigenvalue weighted by Gasteiger charge is -2.18. The summed E-state index contributed by atoms with van der Waals surface area (Å²) in [5.74, 6) is -0.611. The van der Waals surface area contributed by atoms with E-state index >= 15 is 0 Å². The Hall–Kier alpha value is -1.29. The number of nitrogens with zero attached hydrogens (tertiary/aromatic N) is 1. The van der Waals surface area contributed by atoms with Crippen LogP contribution in [0, 0.1) is 17.1 Å². The summed E-state index contributed by atoms with van der Waals surface area (Å²) < 4.78 is 35.3. The van der Waals surface area contributed by atoms with E-state index in [4.69, 9.17) is 19.8 Å². The van der Waals surface area contributed by atoms with E-state index in [0.717, 1.165) is 19.3 Å². The Morgan fingerprint density at radius 2 is 1.35 bits per heavy atom. The maximum Gasteiger partial charge on any atom is 0.469 e. The molecule has 0 aliphatic rings. The highest BCUT2D eigenvalue weighted by atomic mass is 31.2. The zero-order valence-electron chi connectivity index (χ0n) is 22.8. The van der Waals surface area contributed by atoms with E-state index < -0.39 is 19.7 Å². The van der Waals surface area contributed by atoms with Crippen molar-refractivity contribution in [3.8, 4) is 6.07 Å². The van der Waals surface area contributed by atoms with Gasteiger partial charge in [-0.05, 0) is 24.1 Å². The fourth-order valence-corrected chi connectivity index (χ4v) is 4.81. The number of hydrogen-bond acceptors (Lipinski definition) is 4. The lowest BCUT2D eigenvalue weighted by molar-refractivity contribution is -0.00383. The molecule has 1 atom stereocenters. The summed E-state index contributed by atoms with van der Waals surface area (Å²) in [7, 11) is -4.59. The molecule has 0 aromatic heterocycles. The predicted octanol–water partition coefficient (Wildman–Crippen LogP) is 8.73. The molecule has 0 amide bonds. The summed E-state index contributed by atoms with van der Waals surface area (Å²) in [6, 6.07) is 6.02. The summed E-state index contributed by atoms with van der Waals surface area (Å²) >= 11 is 0. The van der Waals surface area contributed by atoms with Crippen molar-refractivity contribution in [1.29, 1.82) is 5.26 Å². The van der Waals surface area contributed by atoms with Gasteiger partial charge in [-0.25, -0.2) is 8.96 Å². The lowest BCUT2D eigenvalue weighted by atomic mass is 10.0. The SMILES string of the molecule is CCCCCCCCCCCCCCCCCCCC(COP(=O)(O)O)OCc1ccc(C#N)c(F)c1. The Balaban J connectivity index is 2.10. The van der Waals surface area contributed by atoms with Crippen LogP contribution in [0.5, 0.6) is 0 Å². The van der Waals surface area contributed by atoms with Gasteiger partial charge in [0.25, 0.3) is 0 Å². The standard InChI is InChI=1S/C29H49FNO5P/c1-2-3-4-5-6-7-8-9-10-11-12-13-14-15-16-17-18-19-28(25-36-37(32,33)34)35-24-26-20-21-27(23-31)29(30)22-26/h20-22,28H,2-19,24-25H2,1H3,(H2,32,33,34). The maximum atomic E-state index is 13.8. The Bertz CT molecular complexity index is 795. The number of nitriles is 1. The molecule has 1 aromatic carbocycles. The van der Waals surface area contributed by atoms with Gasteiger partial charge in [0, 0.05) is 0 Å². The van der Waals surface area contributed by atoms with Gasteiger partial charge in [-0.2, -0.15) is 5.26 Å². The van der Waals surface area contributed by atoms with Crippen LogP contribution >= 0.6 is 7.82 Å². The highest BCUT2D eigenvalue weighted by Gasteiger charge is 2.19. The number of ether oxygens (including phenoxy) is 1. The van der Waals surface area contributed by atoms with Gasteiger partial charge in [-0.1, -0.05) is 122 Å². The predicted molar refractivity (Wildman–Crippen MR) is 146 cm³/mol. The van der Waals surface area contributed by atoms with E-state index in [2.05, 4.69) is 11.4 Å². The van der Waals surface area contributed by atoms with Crippen LogP contribution in [-0.4, -0.2) is 22.5 Å². The molecule has 0 fully saturated rings. The molecular weight excluding hydrogens is 492 g/mol. The number of benzene rings is 1. The van der Waals surface area contributed by atoms with Crippen LogP contribution in [0.1, 0.15) is 134 Å². The highest BCUT2D eigenvalue weighted by molar-refractivity contribution is 7.46. The topological polar surface area (TPSA) is 99.8 Å². The van der Waals surface area contributed by atoms with Crippen LogP contribution in [-0.2, 0) is 20.4 Å². The van der Waals surface area contributed by atoms with Crippen molar-refractivity contribution >= 4 is 7.82 Å². The van der Waals surface area contributed by atoms with E-state index in [1.165, 1.54) is 102 Å². The molecule has 0 bridgehead atoms. The van der Waals surface area contributed by atoms with Crippen molar-refractivity contribution in [2.24, 2.45) is 0 Å². The van der Waals surface area contributed by atoms with Crippen LogP contribution < -0.4 is 0 Å². The van der Waals surface area contributed by atoms with Gasteiger partial charge in [0.2, 0.25) is 0 Å². The molecule has 6 nitrogen and oxygen atoms in total. The molecule has 0 spiro atoms. The fourth-order valence-electron chi connectivity index (χ4n) is 4.45. The number of phosphoric ester groups is 1. The quantitative estimate of drug-likeness (QED) is 0.100. The fraction of sp³-hybridized carbons (Fsp3) is 0.759. The third kappa shape index (κ3) is 19.4. The highest BCUT2D eigenvalue weighted by Crippen LogP contribution is 2.36. The van der Waals surface area contributed by atoms with Crippen LogP contribution in [0.3, 0.4) is 0 Å². The number of hydrogen-bond donors (Lipinski definition) is 2. The smallest absolute Gasteiger partial charge is 0.371 e. The minimum atomic E-state index is -4.59. The Morgan fingerprint density at radius 1 is 0.865 bits per heavy atom. The van der Waals surface area contributed by atoms with E-state index in [0.29, 0.717) is 12.0 Å². The maximum absolute atomic E-state index is 13.8. The van der Waals surface area contributed by atoms with Gasteiger partial charge in [0.15, 0.2) is 0 Å². The molecule has 0 radical (unpaired) electrons. The van der Waals surface area contributed by atoms with E-state index in [9.17, 15) is 8.96 Å². The molecule has 37 heavy (non-hydrogen) atoms. The van der Waals surface area contributed by atoms with Crippen molar-refractivity contribution in [1.82, 2.24) is 0 Å². The number of rotatable bonds is 24. The number of phosphoric acid groups is 1. The van der Waals surface area contributed by atoms with Crippen LogP contribution in [0.2, 0.25) is 0 Å². The Kier molecular flexibility index (Phi) is 19.7. The van der Waals surface area contributed by atoms with E-state index in [1.54, 1.807) is 12.1 Å². The van der Waals surface area contributed by atoms with Gasteiger partial charge in [0.05, 0.1) is 24.9 Å². The third-order valence-electron chi connectivity index (χ3n) is 6.70. The van der Waals surface area contributed by atoms with Crippen molar-refractivity contribution < 1.29 is 28.0 Å².